The van der Waals surface area contributed by atoms with E-state index in [-0.39, 0.29) is 15.5 Å². The predicted molar refractivity (Wildman–Crippen MR) is 132 cm³/mol. The zero-order valence-electron chi connectivity index (χ0n) is 19.8. The van der Waals surface area contributed by atoms with Gasteiger partial charge < -0.3 is 0 Å². The van der Waals surface area contributed by atoms with Gasteiger partial charge >= 0.3 is 0 Å². The number of sulfonamides is 2. The molecule has 4 rings (SSSR count). The Kier molecular flexibility index (Phi) is 6.58. The second-order valence-electron chi connectivity index (χ2n) is 9.15. The number of hydrogen-bond donors (Lipinski definition) is 1. The number of nitrogens with zero attached hydrogens (tertiary/aromatic N) is 3. The van der Waals surface area contributed by atoms with Crippen LogP contribution >= 0.6 is 0 Å². The van der Waals surface area contributed by atoms with Crippen LogP contribution in [0.4, 0.5) is 5.69 Å². The molecule has 34 heavy (non-hydrogen) atoms. The summed E-state index contributed by atoms with van der Waals surface area (Å²) >= 11 is 0. The average Bonchev–Trinajstić information content (AvgIpc) is 3.08. The summed E-state index contributed by atoms with van der Waals surface area (Å²) in [5, 5.41) is 4.41. The van der Waals surface area contributed by atoms with Gasteiger partial charge in [-0.2, -0.15) is 9.40 Å². The van der Waals surface area contributed by atoms with Crippen molar-refractivity contribution < 1.29 is 16.8 Å². The molecule has 8 nitrogen and oxygen atoms in total. The number of benzene rings is 2. The summed E-state index contributed by atoms with van der Waals surface area (Å²) in [6.07, 6.45) is 1.01. The third-order valence-corrected chi connectivity index (χ3v) is 9.55. The Morgan fingerprint density at radius 3 is 2.06 bits per heavy atom. The maximum Gasteiger partial charge on any atom is 0.265 e. The quantitative estimate of drug-likeness (QED) is 0.550. The van der Waals surface area contributed by atoms with E-state index in [1.54, 1.807) is 18.5 Å². The molecule has 2 heterocycles. The van der Waals surface area contributed by atoms with E-state index in [0.29, 0.717) is 36.3 Å². The van der Waals surface area contributed by atoms with Crippen molar-refractivity contribution in [2.75, 3.05) is 17.8 Å². The Labute approximate surface area is 201 Å². The number of nitrogens with one attached hydrogen (secondary N) is 1. The lowest BCUT2D eigenvalue weighted by Crippen LogP contribution is -2.42. The van der Waals surface area contributed by atoms with Crippen LogP contribution in [-0.2, 0) is 20.0 Å². The van der Waals surface area contributed by atoms with Gasteiger partial charge in [-0.25, -0.2) is 21.5 Å². The van der Waals surface area contributed by atoms with E-state index in [1.807, 2.05) is 30.3 Å². The lowest BCUT2D eigenvalue weighted by Gasteiger charge is -2.34. The third kappa shape index (κ3) is 4.75. The first kappa shape index (κ1) is 24.4. The van der Waals surface area contributed by atoms with Crippen LogP contribution in [0.1, 0.15) is 31.7 Å². The number of piperidine rings is 1. The fourth-order valence-corrected chi connectivity index (χ4v) is 7.82. The number of aromatic nitrogens is 2. The summed E-state index contributed by atoms with van der Waals surface area (Å²) in [6, 6.07) is 15.2. The van der Waals surface area contributed by atoms with E-state index in [4.69, 9.17) is 0 Å². The smallest absolute Gasteiger partial charge is 0.265 e. The van der Waals surface area contributed by atoms with Crippen molar-refractivity contribution >= 4 is 25.7 Å². The molecule has 2 atom stereocenters. The topological polar surface area (TPSA) is 101 Å². The molecular formula is C24H30N4O4S2. The van der Waals surface area contributed by atoms with Crippen LogP contribution in [0.25, 0.3) is 5.69 Å². The molecule has 0 radical (unpaired) electrons. The highest BCUT2D eigenvalue weighted by Gasteiger charge is 2.32. The molecule has 10 heteroatoms. The Morgan fingerprint density at radius 1 is 0.882 bits per heavy atom. The van der Waals surface area contributed by atoms with E-state index in [0.717, 1.165) is 12.1 Å². The fourth-order valence-electron chi connectivity index (χ4n) is 4.69. The van der Waals surface area contributed by atoms with Crippen LogP contribution in [0.3, 0.4) is 0 Å². The maximum atomic E-state index is 13.2. The molecule has 1 fully saturated rings. The molecule has 1 aliphatic heterocycles. The monoisotopic (exact) mass is 502 g/mol. The van der Waals surface area contributed by atoms with Gasteiger partial charge in [-0.3, -0.25) is 4.72 Å². The summed E-state index contributed by atoms with van der Waals surface area (Å²) in [5.41, 5.74) is 1.91. The molecule has 1 saturated heterocycles. The van der Waals surface area contributed by atoms with Crippen LogP contribution in [0, 0.1) is 25.7 Å². The molecular weight excluding hydrogens is 472 g/mol. The molecule has 0 saturated carbocycles. The van der Waals surface area contributed by atoms with Crippen molar-refractivity contribution in [3.63, 3.8) is 0 Å². The number of aryl methyl sites for hydroxylation is 1. The van der Waals surface area contributed by atoms with Crippen LogP contribution in [0.15, 0.2) is 64.4 Å². The molecule has 0 aliphatic carbocycles. The summed E-state index contributed by atoms with van der Waals surface area (Å²) in [6.45, 7) is 8.45. The summed E-state index contributed by atoms with van der Waals surface area (Å²) in [5.74, 6) is 0.598. The lowest BCUT2D eigenvalue weighted by atomic mass is 9.94. The van der Waals surface area contributed by atoms with Gasteiger partial charge in [0.1, 0.15) is 4.90 Å². The molecule has 182 valence electrons. The minimum Gasteiger partial charge on any atom is -0.280 e. The summed E-state index contributed by atoms with van der Waals surface area (Å²) in [7, 11) is -7.58. The minimum atomic E-state index is -3.94. The first-order chi connectivity index (χ1) is 16.0. The first-order valence-corrected chi connectivity index (χ1v) is 14.2. The zero-order valence-corrected chi connectivity index (χ0v) is 21.4. The number of anilines is 1. The van der Waals surface area contributed by atoms with Crippen molar-refractivity contribution in [1.82, 2.24) is 14.1 Å². The zero-order chi connectivity index (χ0) is 24.7. The van der Waals surface area contributed by atoms with Crippen molar-refractivity contribution in [2.45, 2.75) is 43.9 Å². The number of rotatable bonds is 6. The Bertz CT molecular complexity index is 1370. The summed E-state index contributed by atoms with van der Waals surface area (Å²) in [4.78, 5) is 0.255. The van der Waals surface area contributed by atoms with Crippen LogP contribution in [-0.4, -0.2) is 44.0 Å². The highest BCUT2D eigenvalue weighted by atomic mass is 32.2. The van der Waals surface area contributed by atoms with Crippen LogP contribution in [0.5, 0.6) is 0 Å². The maximum absolute atomic E-state index is 13.2. The average molecular weight is 503 g/mol. The molecule has 1 aliphatic rings. The highest BCUT2D eigenvalue weighted by Crippen LogP contribution is 2.28. The van der Waals surface area contributed by atoms with Gasteiger partial charge in [-0.15, -0.1) is 0 Å². The van der Waals surface area contributed by atoms with Crippen molar-refractivity contribution in [1.29, 1.82) is 0 Å². The first-order valence-electron chi connectivity index (χ1n) is 11.2. The van der Waals surface area contributed by atoms with Crippen LogP contribution < -0.4 is 4.72 Å². The number of para-hydroxylation sites is 1. The van der Waals surface area contributed by atoms with E-state index in [2.05, 4.69) is 23.7 Å². The van der Waals surface area contributed by atoms with E-state index < -0.39 is 20.0 Å². The molecule has 0 spiro atoms. The van der Waals surface area contributed by atoms with Gasteiger partial charge in [0.15, 0.2) is 0 Å². The number of hydrogen-bond acceptors (Lipinski definition) is 5. The van der Waals surface area contributed by atoms with Gasteiger partial charge in [0, 0.05) is 18.8 Å². The second kappa shape index (κ2) is 9.16. The Morgan fingerprint density at radius 2 is 1.47 bits per heavy atom. The molecule has 2 aromatic carbocycles. The summed E-state index contributed by atoms with van der Waals surface area (Å²) < 4.78 is 58.3. The van der Waals surface area contributed by atoms with Crippen molar-refractivity contribution in [3.8, 4) is 5.69 Å². The third-order valence-electron chi connectivity index (χ3n) is 6.07. The Balaban J connectivity index is 1.58. The van der Waals surface area contributed by atoms with E-state index in [9.17, 15) is 16.8 Å². The van der Waals surface area contributed by atoms with Gasteiger partial charge in [0.05, 0.1) is 22.0 Å². The lowest BCUT2D eigenvalue weighted by molar-refractivity contribution is 0.222. The molecule has 0 bridgehead atoms. The largest absolute Gasteiger partial charge is 0.280 e. The van der Waals surface area contributed by atoms with Crippen molar-refractivity contribution in [2.24, 2.45) is 11.8 Å². The molecule has 2 unspecified atom stereocenters. The molecule has 1 aromatic heterocycles. The second-order valence-corrected chi connectivity index (χ2v) is 12.7. The van der Waals surface area contributed by atoms with Gasteiger partial charge in [0.2, 0.25) is 10.0 Å². The van der Waals surface area contributed by atoms with Gasteiger partial charge in [0.25, 0.3) is 10.0 Å². The van der Waals surface area contributed by atoms with Gasteiger partial charge in [-0.1, -0.05) is 32.0 Å². The molecule has 3 aromatic rings. The van der Waals surface area contributed by atoms with E-state index >= 15 is 0 Å². The van der Waals surface area contributed by atoms with Gasteiger partial charge in [-0.05, 0) is 68.5 Å². The minimum absolute atomic E-state index is 0.101. The standard InChI is InChI=1S/C24H30N4O4S2/c1-17-14-18(2)16-27(15-17)34(31,32)23-12-10-21(11-13-23)26-33(29,30)24-19(3)25-28(20(24)4)22-8-6-5-7-9-22/h5-13,17-18,26H,14-16H2,1-4H3. The highest BCUT2D eigenvalue weighted by molar-refractivity contribution is 7.92. The van der Waals surface area contributed by atoms with Crippen LogP contribution in [0.2, 0.25) is 0 Å². The van der Waals surface area contributed by atoms with E-state index in [1.165, 1.54) is 28.6 Å². The SMILES string of the molecule is Cc1nn(-c2ccccc2)c(C)c1S(=O)(=O)Nc1ccc(S(=O)(=O)N2CC(C)CC(C)C2)cc1. The molecule has 0 amide bonds. The van der Waals surface area contributed by atoms with Crippen molar-refractivity contribution in [3.05, 3.63) is 66.0 Å². The fraction of sp³-hybridized carbons (Fsp3) is 0.375. The predicted octanol–water partition coefficient (Wildman–Crippen LogP) is 3.96. The normalized spacial score (nSPS) is 19.8. The Hall–Kier alpha value is -2.69. The molecule has 1 N–H and O–H groups in total.